The van der Waals surface area contributed by atoms with Gasteiger partial charge in [0.25, 0.3) is 0 Å². The first-order chi connectivity index (χ1) is 8.95. The number of halogens is 1. The molecule has 0 aliphatic carbocycles. The van der Waals surface area contributed by atoms with Gasteiger partial charge in [0, 0.05) is 38.6 Å². The monoisotopic (exact) mass is 308 g/mol. The lowest BCUT2D eigenvalue weighted by atomic mass is 10.5. The van der Waals surface area contributed by atoms with Crippen LogP contribution in [0.25, 0.3) is 0 Å². The van der Waals surface area contributed by atoms with Crippen LogP contribution in [0.15, 0.2) is 25.3 Å². The van der Waals surface area contributed by atoms with E-state index in [2.05, 4.69) is 37.5 Å². The zero-order valence-electron chi connectivity index (χ0n) is 13.2. The molecule has 0 aliphatic heterocycles. The Morgan fingerprint density at radius 2 is 1.50 bits per heavy atom. The molecule has 0 spiro atoms. The zero-order chi connectivity index (χ0) is 15.5. The minimum atomic E-state index is 0. The van der Waals surface area contributed by atoms with Crippen molar-refractivity contribution in [3.8, 4) is 0 Å². The summed E-state index contributed by atoms with van der Waals surface area (Å²) in [6.07, 6.45) is 3.52. The summed E-state index contributed by atoms with van der Waals surface area (Å²) in [7, 11) is 8.13. The van der Waals surface area contributed by atoms with Crippen LogP contribution in [0.4, 0.5) is 0 Å². The molecule has 0 bridgehead atoms. The molecule has 4 nitrogen and oxygen atoms in total. The Hall–Kier alpha value is -0.390. The van der Waals surface area contributed by atoms with Crippen LogP contribution < -0.4 is 11.1 Å². The van der Waals surface area contributed by atoms with Crippen LogP contribution in [0.3, 0.4) is 0 Å². The minimum absolute atomic E-state index is 0. The van der Waals surface area contributed by atoms with E-state index < -0.39 is 0 Å². The maximum atomic E-state index is 5.35. The molecule has 20 heavy (non-hydrogen) atoms. The van der Waals surface area contributed by atoms with Gasteiger partial charge in [0.15, 0.2) is 0 Å². The van der Waals surface area contributed by atoms with Gasteiger partial charge in [-0.3, -0.25) is 0 Å². The molecule has 124 valence electrons. The Morgan fingerprint density at radius 3 is 1.70 bits per heavy atom. The first-order valence-electron chi connectivity index (χ1n) is 6.44. The molecule has 0 unspecified atom stereocenters. The van der Waals surface area contributed by atoms with Gasteiger partial charge in [-0.1, -0.05) is 19.6 Å². The van der Waals surface area contributed by atoms with Gasteiger partial charge in [0.2, 0.25) is 0 Å². The van der Waals surface area contributed by atoms with Crippen molar-refractivity contribution in [1.29, 1.82) is 0 Å². The van der Waals surface area contributed by atoms with Gasteiger partial charge in [-0.05, 0) is 28.2 Å². The van der Waals surface area contributed by atoms with E-state index in [0.717, 1.165) is 32.1 Å². The van der Waals surface area contributed by atoms with Crippen molar-refractivity contribution >= 4 is 11.6 Å². The number of nitrogens with two attached hydrogens (primary N) is 1. The number of nitrogens with one attached hydrogen (secondary N) is 1. The molecule has 0 saturated heterocycles. The molecule has 0 aromatic heterocycles. The van der Waals surface area contributed by atoms with E-state index in [1.54, 1.807) is 6.08 Å². The highest BCUT2D eigenvalue weighted by molar-refractivity contribution is 6.18. The maximum absolute atomic E-state index is 5.35. The van der Waals surface area contributed by atoms with E-state index >= 15 is 0 Å². The van der Waals surface area contributed by atoms with Crippen LogP contribution in [0.5, 0.6) is 0 Å². The van der Waals surface area contributed by atoms with Gasteiger partial charge in [-0.2, -0.15) is 0 Å². The number of alkyl halides is 1. The highest BCUT2D eigenvalue weighted by Gasteiger charge is 1.85. The largest absolute Gasteiger partial charge is 0.327 e. The predicted octanol–water partition coefficient (Wildman–Crippen LogP) is 1.88. The normalized spacial score (nSPS) is 8.80. The first kappa shape index (κ1) is 27.9. The number of nitrogens with zero attached hydrogens (tertiary/aromatic N) is 2. The summed E-state index contributed by atoms with van der Waals surface area (Å²) in [5.74, 6) is 0.729. The van der Waals surface area contributed by atoms with Gasteiger partial charge in [-0.15, -0.1) is 24.8 Å². The van der Waals surface area contributed by atoms with Crippen LogP contribution >= 0.6 is 11.6 Å². The first-order valence-corrected chi connectivity index (χ1v) is 6.97. The summed E-state index contributed by atoms with van der Waals surface area (Å²) >= 11 is 5.35. The molecule has 3 N–H and O–H groups in total. The molecule has 0 fully saturated rings. The third-order valence-electron chi connectivity index (χ3n) is 1.72. The highest BCUT2D eigenvalue weighted by atomic mass is 35.5. The average Bonchev–Trinajstić information content (AvgIpc) is 2.35. The fourth-order valence-corrected chi connectivity index (χ4v) is 1.01. The van der Waals surface area contributed by atoms with E-state index in [0.29, 0.717) is 6.54 Å². The SMILES string of the molecule is C.C=CCN.C=CCNCCN(C)C.CN(C)CCCl. The molecule has 0 aliphatic rings. The fraction of sp³-hybridized carbons (Fsp3) is 0.733. The van der Waals surface area contributed by atoms with E-state index in [9.17, 15) is 0 Å². The minimum Gasteiger partial charge on any atom is -0.327 e. The second kappa shape index (κ2) is 27.0. The Bertz CT molecular complexity index is 173. The highest BCUT2D eigenvalue weighted by Crippen LogP contribution is 1.75. The predicted molar refractivity (Wildman–Crippen MR) is 96.9 cm³/mol. The third-order valence-corrected chi connectivity index (χ3v) is 1.89. The number of rotatable bonds is 8. The third kappa shape index (κ3) is 52.6. The lowest BCUT2D eigenvalue weighted by molar-refractivity contribution is 0.404. The van der Waals surface area contributed by atoms with Crippen LogP contribution in [0.2, 0.25) is 0 Å². The molecular weight excluding hydrogens is 272 g/mol. The van der Waals surface area contributed by atoms with E-state index in [-0.39, 0.29) is 7.43 Å². The Labute approximate surface area is 132 Å². The standard InChI is InChI=1S/C7H16N2.C4H10ClN.C3H7N.CH4/c1-4-5-8-6-7-9(2)3;1-6(2)4-3-5;1-2-3-4;/h4,8H,1,5-7H2,2-3H3;3-4H2,1-2H3;2H,1,3-4H2;1H4. The maximum Gasteiger partial charge on any atom is 0.0350 e. The van der Waals surface area contributed by atoms with Crippen LogP contribution in [-0.4, -0.2) is 76.6 Å². The number of hydrogen-bond donors (Lipinski definition) is 2. The van der Waals surface area contributed by atoms with Gasteiger partial charge >= 0.3 is 0 Å². The van der Waals surface area contributed by atoms with Gasteiger partial charge in [0.1, 0.15) is 0 Å². The molecule has 0 atom stereocenters. The Kier molecular flexibility index (Phi) is 37.7. The quantitative estimate of drug-likeness (QED) is 0.408. The van der Waals surface area contributed by atoms with Crippen molar-refractivity contribution in [2.75, 3.05) is 66.8 Å². The van der Waals surface area contributed by atoms with E-state index in [1.165, 1.54) is 0 Å². The second-order valence-electron chi connectivity index (χ2n) is 4.31. The van der Waals surface area contributed by atoms with Crippen molar-refractivity contribution in [3.63, 3.8) is 0 Å². The fourth-order valence-electron chi connectivity index (χ4n) is 0.676. The van der Waals surface area contributed by atoms with Gasteiger partial charge in [-0.25, -0.2) is 0 Å². The summed E-state index contributed by atoms with van der Waals surface area (Å²) in [6.45, 7) is 11.6. The van der Waals surface area contributed by atoms with E-state index in [1.807, 2.05) is 25.1 Å². The van der Waals surface area contributed by atoms with Crippen molar-refractivity contribution in [2.24, 2.45) is 5.73 Å². The molecule has 0 rings (SSSR count). The van der Waals surface area contributed by atoms with Crippen LogP contribution in [-0.2, 0) is 0 Å². The van der Waals surface area contributed by atoms with Crippen LogP contribution in [0, 0.1) is 0 Å². The topological polar surface area (TPSA) is 44.5 Å². The molecule has 0 saturated carbocycles. The van der Waals surface area contributed by atoms with Crippen LogP contribution in [0.1, 0.15) is 7.43 Å². The Balaban J connectivity index is -0.000000102. The lowest BCUT2D eigenvalue weighted by Crippen LogP contribution is -2.26. The molecule has 0 aromatic rings. The summed E-state index contributed by atoms with van der Waals surface area (Å²) in [5.41, 5.74) is 4.91. The summed E-state index contributed by atoms with van der Waals surface area (Å²) < 4.78 is 0. The molecule has 0 amide bonds. The average molecular weight is 309 g/mol. The Morgan fingerprint density at radius 1 is 1.05 bits per heavy atom. The number of likely N-dealkylation sites (N-methyl/N-ethyl adjacent to an activating group) is 1. The molecular formula is C15H37ClN4. The summed E-state index contributed by atoms with van der Waals surface area (Å²) in [4.78, 5) is 4.20. The van der Waals surface area contributed by atoms with E-state index in [4.69, 9.17) is 17.3 Å². The van der Waals surface area contributed by atoms with Crippen molar-refractivity contribution < 1.29 is 0 Å². The van der Waals surface area contributed by atoms with Crippen molar-refractivity contribution in [3.05, 3.63) is 25.3 Å². The second-order valence-corrected chi connectivity index (χ2v) is 4.69. The lowest BCUT2D eigenvalue weighted by Gasteiger charge is -2.08. The summed E-state index contributed by atoms with van der Waals surface area (Å²) in [6, 6.07) is 0. The summed E-state index contributed by atoms with van der Waals surface area (Å²) in [5, 5.41) is 3.21. The van der Waals surface area contributed by atoms with Gasteiger partial charge < -0.3 is 20.9 Å². The van der Waals surface area contributed by atoms with Crippen molar-refractivity contribution in [2.45, 2.75) is 7.43 Å². The molecule has 5 heteroatoms. The van der Waals surface area contributed by atoms with Crippen molar-refractivity contribution in [1.82, 2.24) is 15.1 Å². The van der Waals surface area contributed by atoms with Gasteiger partial charge in [0.05, 0.1) is 0 Å². The molecule has 0 heterocycles. The molecule has 0 radical (unpaired) electrons. The smallest absolute Gasteiger partial charge is 0.0350 e. The zero-order valence-corrected chi connectivity index (χ0v) is 13.9. The molecule has 0 aromatic carbocycles. The number of hydrogen-bond acceptors (Lipinski definition) is 4.